The van der Waals surface area contributed by atoms with Crippen molar-refractivity contribution in [2.45, 2.75) is 0 Å². The molecule has 2 N–H and O–H groups in total. The van der Waals surface area contributed by atoms with Gasteiger partial charge in [-0.1, -0.05) is 18.2 Å². The van der Waals surface area contributed by atoms with Crippen LogP contribution in [0.25, 0.3) is 0 Å². The molecule has 0 spiro atoms. The van der Waals surface area contributed by atoms with E-state index in [2.05, 4.69) is 10.6 Å². The highest BCUT2D eigenvalue weighted by Crippen LogP contribution is 2.22. The number of para-hydroxylation sites is 1. The van der Waals surface area contributed by atoms with Gasteiger partial charge in [0.2, 0.25) is 5.91 Å². The average Bonchev–Trinajstić information content (AvgIpc) is 2.58. The topological polar surface area (TPSA) is 75.3 Å². The lowest BCUT2D eigenvalue weighted by Gasteiger charge is -2.00. The van der Waals surface area contributed by atoms with E-state index in [9.17, 15) is 14.4 Å². The molecule has 1 saturated heterocycles. The van der Waals surface area contributed by atoms with Crippen LogP contribution in [0.2, 0.25) is 0 Å². The molecule has 0 bridgehead atoms. The lowest BCUT2D eigenvalue weighted by Crippen LogP contribution is -2.18. The Morgan fingerprint density at radius 1 is 1.24 bits per heavy atom. The number of rotatable bonds is 2. The Balaban J connectivity index is 2.05. The van der Waals surface area contributed by atoms with E-state index >= 15 is 0 Å². The number of benzene rings is 1. The number of hydrogen-bond acceptors (Lipinski definition) is 4. The van der Waals surface area contributed by atoms with Gasteiger partial charge in [0.1, 0.15) is 0 Å². The molecule has 0 radical (unpaired) electrons. The minimum atomic E-state index is -0.539. The number of carbonyl (C=O) groups is 3. The second kappa shape index (κ2) is 4.84. The molecule has 1 aliphatic heterocycles. The molecule has 3 amide bonds. The summed E-state index contributed by atoms with van der Waals surface area (Å²) < 4.78 is 0. The Morgan fingerprint density at radius 2 is 1.94 bits per heavy atom. The van der Waals surface area contributed by atoms with Crippen LogP contribution in [0.4, 0.5) is 10.5 Å². The van der Waals surface area contributed by atoms with Crippen LogP contribution in [-0.4, -0.2) is 17.1 Å². The number of imide groups is 1. The molecular weight excluding hydrogens is 240 g/mol. The molecule has 1 heterocycles. The van der Waals surface area contributed by atoms with E-state index in [1.807, 2.05) is 6.07 Å². The van der Waals surface area contributed by atoms with Gasteiger partial charge in [0.05, 0.1) is 4.91 Å². The molecule has 17 heavy (non-hydrogen) atoms. The fourth-order valence-corrected chi connectivity index (χ4v) is 1.89. The fraction of sp³-hybridized carbons (Fsp3) is 0. The third kappa shape index (κ3) is 2.94. The Labute approximate surface area is 101 Å². The second-order valence-corrected chi connectivity index (χ2v) is 4.22. The van der Waals surface area contributed by atoms with Crippen molar-refractivity contribution in [2.24, 2.45) is 0 Å². The van der Waals surface area contributed by atoms with Crippen molar-refractivity contribution in [3.05, 3.63) is 41.3 Å². The van der Waals surface area contributed by atoms with Gasteiger partial charge < -0.3 is 5.32 Å². The van der Waals surface area contributed by atoms with Crippen LogP contribution in [0, 0.1) is 0 Å². The molecular formula is C11H8N2O3S. The SMILES string of the molecule is O=C(/C=C1/SC(=O)NC1=O)Nc1ccccc1. The van der Waals surface area contributed by atoms with Crippen molar-refractivity contribution >= 4 is 34.5 Å². The summed E-state index contributed by atoms with van der Waals surface area (Å²) in [6.45, 7) is 0. The maximum atomic E-state index is 11.5. The van der Waals surface area contributed by atoms with Crippen molar-refractivity contribution in [2.75, 3.05) is 5.32 Å². The lowest BCUT2D eigenvalue weighted by molar-refractivity contribution is -0.116. The summed E-state index contributed by atoms with van der Waals surface area (Å²) in [5.74, 6) is -0.980. The zero-order valence-corrected chi connectivity index (χ0v) is 9.41. The van der Waals surface area contributed by atoms with Crippen molar-refractivity contribution in [1.82, 2.24) is 5.32 Å². The van der Waals surface area contributed by atoms with Crippen LogP contribution in [0.1, 0.15) is 0 Å². The molecule has 2 rings (SSSR count). The predicted octanol–water partition coefficient (Wildman–Crippen LogP) is 1.49. The Hall–Kier alpha value is -2.08. The number of nitrogens with one attached hydrogen (secondary N) is 2. The minimum absolute atomic E-state index is 0.100. The predicted molar refractivity (Wildman–Crippen MR) is 64.3 cm³/mol. The first-order valence-corrected chi connectivity index (χ1v) is 5.58. The van der Waals surface area contributed by atoms with Gasteiger partial charge in [-0.2, -0.15) is 0 Å². The number of thioether (sulfide) groups is 1. The Bertz CT molecular complexity index is 511. The summed E-state index contributed by atoms with van der Waals surface area (Å²) >= 11 is 0.713. The van der Waals surface area contributed by atoms with Gasteiger partial charge >= 0.3 is 0 Å². The first-order chi connectivity index (χ1) is 8.15. The Morgan fingerprint density at radius 3 is 2.53 bits per heavy atom. The normalized spacial score (nSPS) is 17.1. The summed E-state index contributed by atoms with van der Waals surface area (Å²) in [4.78, 5) is 33.7. The number of anilines is 1. The van der Waals surface area contributed by atoms with Crippen molar-refractivity contribution in [3.8, 4) is 0 Å². The average molecular weight is 248 g/mol. The number of amides is 3. The smallest absolute Gasteiger partial charge is 0.290 e. The van der Waals surface area contributed by atoms with Crippen LogP contribution in [0.15, 0.2) is 41.3 Å². The van der Waals surface area contributed by atoms with E-state index in [4.69, 9.17) is 0 Å². The van der Waals surface area contributed by atoms with Gasteiger partial charge in [-0.3, -0.25) is 19.7 Å². The highest BCUT2D eigenvalue weighted by Gasteiger charge is 2.25. The van der Waals surface area contributed by atoms with Crippen molar-refractivity contribution in [3.63, 3.8) is 0 Å². The van der Waals surface area contributed by atoms with Gasteiger partial charge in [-0.15, -0.1) is 0 Å². The van der Waals surface area contributed by atoms with Crippen molar-refractivity contribution in [1.29, 1.82) is 0 Å². The Kier molecular flexibility index (Phi) is 3.24. The third-order valence-electron chi connectivity index (χ3n) is 1.95. The van der Waals surface area contributed by atoms with Crippen LogP contribution in [0.3, 0.4) is 0 Å². The molecule has 1 fully saturated rings. The largest absolute Gasteiger partial charge is 0.322 e. The molecule has 86 valence electrons. The molecule has 0 aromatic heterocycles. The highest BCUT2D eigenvalue weighted by atomic mass is 32.2. The molecule has 0 atom stereocenters. The maximum absolute atomic E-state index is 11.5. The van der Waals surface area contributed by atoms with E-state index in [1.54, 1.807) is 24.3 Å². The van der Waals surface area contributed by atoms with Crippen LogP contribution in [-0.2, 0) is 9.59 Å². The minimum Gasteiger partial charge on any atom is -0.322 e. The van der Waals surface area contributed by atoms with E-state index in [1.165, 1.54) is 0 Å². The zero-order chi connectivity index (χ0) is 12.3. The molecule has 1 aromatic rings. The van der Waals surface area contributed by atoms with E-state index in [-0.39, 0.29) is 4.91 Å². The monoisotopic (exact) mass is 248 g/mol. The molecule has 6 heteroatoms. The first kappa shape index (κ1) is 11.4. The summed E-state index contributed by atoms with van der Waals surface area (Å²) in [6.07, 6.45) is 1.11. The first-order valence-electron chi connectivity index (χ1n) is 4.76. The molecule has 0 saturated carbocycles. The summed E-state index contributed by atoms with van der Waals surface area (Å²) in [5, 5.41) is 4.19. The standard InChI is InChI=1S/C11H8N2O3S/c14-9(12-7-4-2-1-3-5-7)6-8-10(15)13-11(16)17-8/h1-6H,(H,12,14)(H,13,15,16)/b8-6+. The lowest BCUT2D eigenvalue weighted by atomic mass is 10.3. The number of hydrogen-bond donors (Lipinski definition) is 2. The molecule has 5 nitrogen and oxygen atoms in total. The van der Waals surface area contributed by atoms with E-state index in [0.29, 0.717) is 17.4 Å². The zero-order valence-electron chi connectivity index (χ0n) is 8.60. The van der Waals surface area contributed by atoms with E-state index in [0.717, 1.165) is 6.08 Å². The van der Waals surface area contributed by atoms with Gasteiger partial charge in [0, 0.05) is 11.8 Å². The summed E-state index contributed by atoms with van der Waals surface area (Å²) in [5.41, 5.74) is 0.629. The van der Waals surface area contributed by atoms with Gasteiger partial charge in [-0.05, 0) is 23.9 Å². The third-order valence-corrected chi connectivity index (χ3v) is 2.76. The maximum Gasteiger partial charge on any atom is 0.290 e. The quantitative estimate of drug-likeness (QED) is 0.777. The van der Waals surface area contributed by atoms with Gasteiger partial charge in [0.25, 0.3) is 11.1 Å². The second-order valence-electron chi connectivity index (χ2n) is 3.21. The van der Waals surface area contributed by atoms with E-state index < -0.39 is 17.1 Å². The molecule has 1 aromatic carbocycles. The van der Waals surface area contributed by atoms with Crippen LogP contribution >= 0.6 is 11.8 Å². The van der Waals surface area contributed by atoms with Crippen LogP contribution in [0.5, 0.6) is 0 Å². The molecule has 1 aliphatic rings. The number of carbonyl (C=O) groups excluding carboxylic acids is 3. The molecule has 0 unspecified atom stereocenters. The van der Waals surface area contributed by atoms with Gasteiger partial charge in [-0.25, -0.2) is 0 Å². The van der Waals surface area contributed by atoms with Crippen molar-refractivity contribution < 1.29 is 14.4 Å². The summed E-state index contributed by atoms with van der Waals surface area (Å²) in [7, 11) is 0. The fourth-order valence-electron chi connectivity index (χ4n) is 1.24. The van der Waals surface area contributed by atoms with Crippen LogP contribution < -0.4 is 10.6 Å². The molecule has 0 aliphatic carbocycles. The highest BCUT2D eigenvalue weighted by molar-refractivity contribution is 8.18. The van der Waals surface area contributed by atoms with Gasteiger partial charge in [0.15, 0.2) is 0 Å². The summed E-state index contributed by atoms with van der Waals surface area (Å²) in [6, 6.07) is 8.84.